The number of hydrogen-bond acceptors (Lipinski definition) is 4. The quantitative estimate of drug-likeness (QED) is 0.834. The van der Waals surface area contributed by atoms with Crippen molar-refractivity contribution in [2.24, 2.45) is 11.7 Å². The number of amides is 1. The van der Waals surface area contributed by atoms with E-state index < -0.39 is 0 Å². The van der Waals surface area contributed by atoms with Gasteiger partial charge in [-0.05, 0) is 36.6 Å². The van der Waals surface area contributed by atoms with Crippen LogP contribution in [0.5, 0.6) is 11.5 Å². The predicted octanol–water partition coefficient (Wildman–Crippen LogP) is 2.38. The molecule has 0 saturated heterocycles. The van der Waals surface area contributed by atoms with Gasteiger partial charge in [0.25, 0.3) is 5.91 Å². The molecule has 0 aliphatic carbocycles. The third kappa shape index (κ3) is 5.15. The minimum absolute atomic E-state index is 0. The van der Waals surface area contributed by atoms with Crippen LogP contribution in [0.4, 0.5) is 0 Å². The summed E-state index contributed by atoms with van der Waals surface area (Å²) in [7, 11) is 1.61. The average molecular weight is 341 g/mol. The van der Waals surface area contributed by atoms with Crippen LogP contribution in [-0.4, -0.2) is 32.2 Å². The smallest absolute Gasteiger partial charge is 0.250 e. The molecule has 23 heavy (non-hydrogen) atoms. The van der Waals surface area contributed by atoms with Crippen molar-refractivity contribution in [1.82, 2.24) is 5.32 Å². The molecular formula is C17H25ClN2O3. The zero-order chi connectivity index (χ0) is 16.1. The summed E-state index contributed by atoms with van der Waals surface area (Å²) in [6.07, 6.45) is 2.71. The Morgan fingerprint density at radius 1 is 1.43 bits per heavy atom. The van der Waals surface area contributed by atoms with E-state index in [9.17, 15) is 4.79 Å². The molecule has 0 fully saturated rings. The minimum Gasteiger partial charge on any atom is -0.497 e. The molecule has 6 heteroatoms. The van der Waals surface area contributed by atoms with E-state index in [4.69, 9.17) is 15.2 Å². The number of benzene rings is 1. The van der Waals surface area contributed by atoms with Gasteiger partial charge in [-0.3, -0.25) is 4.79 Å². The SMILES string of the molecule is COc1ccc2c(c1)C=C(C(=O)NC(CN)CC(C)C)CO2.Cl. The Balaban J connectivity index is 0.00000264. The zero-order valence-corrected chi connectivity index (χ0v) is 14.6. The van der Waals surface area contributed by atoms with Crippen LogP contribution in [0, 0.1) is 5.92 Å². The van der Waals surface area contributed by atoms with E-state index in [1.165, 1.54) is 0 Å². The lowest BCUT2D eigenvalue weighted by atomic mass is 10.0. The second-order valence-electron chi connectivity index (χ2n) is 5.90. The fourth-order valence-corrected chi connectivity index (χ4v) is 2.47. The van der Waals surface area contributed by atoms with Gasteiger partial charge in [0.15, 0.2) is 0 Å². The maximum atomic E-state index is 12.4. The maximum Gasteiger partial charge on any atom is 0.250 e. The van der Waals surface area contributed by atoms with Crippen molar-refractivity contribution < 1.29 is 14.3 Å². The average Bonchev–Trinajstić information content (AvgIpc) is 2.52. The standard InChI is InChI=1S/C17H24N2O3.ClH/c1-11(2)6-14(9-18)19-17(20)13-7-12-8-15(21-3)4-5-16(12)22-10-13;/h4-5,7-8,11,14H,6,9-10,18H2,1-3H3,(H,19,20);1H. The van der Waals surface area contributed by atoms with Gasteiger partial charge in [-0.1, -0.05) is 13.8 Å². The molecule has 0 spiro atoms. The molecule has 1 aromatic rings. The number of methoxy groups -OCH3 is 1. The molecule has 0 saturated carbocycles. The summed E-state index contributed by atoms with van der Waals surface area (Å²) in [6.45, 7) is 4.92. The second kappa shape index (κ2) is 8.79. The van der Waals surface area contributed by atoms with E-state index in [2.05, 4.69) is 19.2 Å². The summed E-state index contributed by atoms with van der Waals surface area (Å²) in [4.78, 5) is 12.4. The molecule has 1 heterocycles. The molecule has 1 aliphatic heterocycles. The summed E-state index contributed by atoms with van der Waals surface area (Å²) in [5.74, 6) is 1.86. The van der Waals surface area contributed by atoms with E-state index in [0.29, 0.717) is 18.0 Å². The number of hydrogen-bond donors (Lipinski definition) is 2. The first-order valence-corrected chi connectivity index (χ1v) is 7.55. The fraction of sp³-hybridized carbons (Fsp3) is 0.471. The van der Waals surface area contributed by atoms with Crippen molar-refractivity contribution in [2.45, 2.75) is 26.3 Å². The first kappa shape index (κ1) is 19.3. The molecule has 0 bridgehead atoms. The van der Waals surface area contributed by atoms with Crippen LogP contribution in [0.15, 0.2) is 23.8 Å². The third-order valence-corrected chi connectivity index (χ3v) is 3.60. The Hall–Kier alpha value is -1.72. The van der Waals surface area contributed by atoms with Crippen LogP contribution in [-0.2, 0) is 4.79 Å². The topological polar surface area (TPSA) is 73.6 Å². The van der Waals surface area contributed by atoms with Gasteiger partial charge < -0.3 is 20.5 Å². The highest BCUT2D eigenvalue weighted by Gasteiger charge is 2.20. The minimum atomic E-state index is -0.121. The van der Waals surface area contributed by atoms with E-state index in [-0.39, 0.29) is 31.0 Å². The molecule has 1 amide bonds. The van der Waals surface area contributed by atoms with E-state index in [0.717, 1.165) is 23.5 Å². The van der Waals surface area contributed by atoms with Crippen molar-refractivity contribution in [2.75, 3.05) is 20.3 Å². The highest BCUT2D eigenvalue weighted by atomic mass is 35.5. The molecule has 1 aliphatic rings. The number of carbonyl (C=O) groups is 1. The Morgan fingerprint density at radius 2 is 2.17 bits per heavy atom. The summed E-state index contributed by atoms with van der Waals surface area (Å²) < 4.78 is 10.8. The molecule has 5 nitrogen and oxygen atoms in total. The van der Waals surface area contributed by atoms with E-state index in [1.807, 2.05) is 24.3 Å². The van der Waals surface area contributed by atoms with Gasteiger partial charge in [0.2, 0.25) is 0 Å². The highest BCUT2D eigenvalue weighted by Crippen LogP contribution is 2.29. The highest BCUT2D eigenvalue weighted by molar-refractivity contribution is 5.99. The third-order valence-electron chi connectivity index (χ3n) is 3.60. The molecule has 128 valence electrons. The maximum absolute atomic E-state index is 12.4. The Bertz CT molecular complexity index is 573. The van der Waals surface area contributed by atoms with Gasteiger partial charge in [-0.2, -0.15) is 0 Å². The summed E-state index contributed by atoms with van der Waals surface area (Å²) in [6, 6.07) is 5.53. The van der Waals surface area contributed by atoms with Gasteiger partial charge >= 0.3 is 0 Å². The molecule has 1 aromatic carbocycles. The predicted molar refractivity (Wildman–Crippen MR) is 94.2 cm³/mol. The molecule has 1 atom stereocenters. The van der Waals surface area contributed by atoms with Gasteiger partial charge in [0.1, 0.15) is 18.1 Å². The molecule has 2 rings (SSSR count). The Morgan fingerprint density at radius 3 is 2.78 bits per heavy atom. The molecular weight excluding hydrogens is 316 g/mol. The van der Waals surface area contributed by atoms with Gasteiger partial charge in [0.05, 0.1) is 12.7 Å². The van der Waals surface area contributed by atoms with Crippen molar-refractivity contribution in [3.63, 3.8) is 0 Å². The number of nitrogens with one attached hydrogen (secondary N) is 1. The number of carbonyl (C=O) groups excluding carboxylic acids is 1. The molecule has 3 N–H and O–H groups in total. The number of halogens is 1. The van der Waals surface area contributed by atoms with Crippen LogP contribution >= 0.6 is 12.4 Å². The van der Waals surface area contributed by atoms with Crippen LogP contribution in [0.2, 0.25) is 0 Å². The molecule has 0 aromatic heterocycles. The Labute approximate surface area is 143 Å². The summed E-state index contributed by atoms with van der Waals surface area (Å²) in [5, 5.41) is 2.98. The summed E-state index contributed by atoms with van der Waals surface area (Å²) >= 11 is 0. The number of rotatable bonds is 6. The first-order valence-electron chi connectivity index (χ1n) is 7.55. The van der Waals surface area contributed by atoms with Crippen molar-refractivity contribution in [1.29, 1.82) is 0 Å². The number of ether oxygens (including phenoxy) is 2. The lowest BCUT2D eigenvalue weighted by molar-refractivity contribution is -0.118. The molecule has 1 unspecified atom stereocenters. The van der Waals surface area contributed by atoms with Crippen LogP contribution in [0.1, 0.15) is 25.8 Å². The largest absolute Gasteiger partial charge is 0.497 e. The lowest BCUT2D eigenvalue weighted by Gasteiger charge is -2.22. The van der Waals surface area contributed by atoms with Crippen molar-refractivity contribution >= 4 is 24.4 Å². The number of nitrogens with two attached hydrogens (primary N) is 1. The monoisotopic (exact) mass is 340 g/mol. The van der Waals surface area contributed by atoms with Gasteiger partial charge in [0, 0.05) is 18.2 Å². The van der Waals surface area contributed by atoms with Crippen LogP contribution in [0.3, 0.4) is 0 Å². The Kier molecular flexibility index (Phi) is 7.39. The second-order valence-corrected chi connectivity index (χ2v) is 5.90. The van der Waals surface area contributed by atoms with E-state index in [1.54, 1.807) is 7.11 Å². The fourth-order valence-electron chi connectivity index (χ4n) is 2.47. The summed E-state index contributed by atoms with van der Waals surface area (Å²) in [5.41, 5.74) is 7.18. The molecule has 0 radical (unpaired) electrons. The van der Waals surface area contributed by atoms with E-state index >= 15 is 0 Å². The van der Waals surface area contributed by atoms with Crippen molar-refractivity contribution in [3.8, 4) is 11.5 Å². The van der Waals surface area contributed by atoms with Gasteiger partial charge in [-0.15, -0.1) is 12.4 Å². The van der Waals surface area contributed by atoms with Crippen molar-refractivity contribution in [3.05, 3.63) is 29.3 Å². The lowest BCUT2D eigenvalue weighted by Crippen LogP contribution is -2.42. The normalized spacial score (nSPS) is 14.0. The zero-order valence-electron chi connectivity index (χ0n) is 13.8. The number of fused-ring (bicyclic) bond motifs is 1. The van der Waals surface area contributed by atoms with Crippen LogP contribution < -0.4 is 20.5 Å². The van der Waals surface area contributed by atoms with Gasteiger partial charge in [-0.25, -0.2) is 0 Å². The first-order chi connectivity index (χ1) is 10.5. The van der Waals surface area contributed by atoms with Crippen LogP contribution in [0.25, 0.3) is 6.08 Å².